The molecular weight excluding hydrogens is 272 g/mol. The third-order valence-corrected chi connectivity index (χ3v) is 2.75. The minimum absolute atomic E-state index is 0.154. The number of amides is 2. The van der Waals surface area contributed by atoms with Gasteiger partial charge in [0.1, 0.15) is 18.7 Å². The number of hydrogen-bond acceptors (Lipinski definition) is 4. The van der Waals surface area contributed by atoms with Crippen molar-refractivity contribution in [1.82, 2.24) is 10.6 Å². The molecule has 1 aromatic carbocycles. The highest BCUT2D eigenvalue weighted by Gasteiger charge is 2.21. The van der Waals surface area contributed by atoms with Crippen LogP contribution >= 0.6 is 0 Å². The zero-order valence-corrected chi connectivity index (χ0v) is 12.4. The molecule has 0 bridgehead atoms. The maximum Gasteiger partial charge on any atom is 0.328 e. The van der Waals surface area contributed by atoms with E-state index in [2.05, 4.69) is 10.6 Å². The molecular formula is C15H20N2O4. The van der Waals surface area contributed by atoms with Crippen LogP contribution < -0.4 is 10.6 Å². The Bertz CT molecular complexity index is 502. The van der Waals surface area contributed by atoms with E-state index in [1.165, 1.54) is 13.8 Å². The second-order valence-electron chi connectivity index (χ2n) is 4.75. The van der Waals surface area contributed by atoms with Crippen molar-refractivity contribution in [2.75, 3.05) is 0 Å². The fourth-order valence-corrected chi connectivity index (χ4v) is 1.62. The third-order valence-electron chi connectivity index (χ3n) is 2.75. The Labute approximate surface area is 123 Å². The van der Waals surface area contributed by atoms with Gasteiger partial charge in [-0.25, -0.2) is 4.79 Å². The molecule has 6 nitrogen and oxygen atoms in total. The molecule has 1 rings (SSSR count). The standard InChI is InChI=1S/C15H20N2O4/c1-10(16-12(3)18)14(19)17-11(2)15(20)21-9-13-7-5-4-6-8-13/h4-8,10-11H,9H2,1-3H3,(H,16,18)(H,17,19)/t10-,11-/m1/s1. The number of carbonyl (C=O) groups excluding carboxylic acids is 3. The van der Waals surface area contributed by atoms with E-state index in [0.717, 1.165) is 5.56 Å². The molecule has 2 atom stereocenters. The fourth-order valence-electron chi connectivity index (χ4n) is 1.62. The molecule has 0 aromatic heterocycles. The molecule has 21 heavy (non-hydrogen) atoms. The van der Waals surface area contributed by atoms with Gasteiger partial charge in [0.15, 0.2) is 0 Å². The van der Waals surface area contributed by atoms with Gasteiger partial charge in [-0.2, -0.15) is 0 Å². The Hall–Kier alpha value is -2.37. The van der Waals surface area contributed by atoms with Gasteiger partial charge in [0.05, 0.1) is 0 Å². The zero-order valence-electron chi connectivity index (χ0n) is 12.4. The lowest BCUT2D eigenvalue weighted by molar-refractivity contribution is -0.148. The van der Waals surface area contributed by atoms with Gasteiger partial charge in [-0.15, -0.1) is 0 Å². The van der Waals surface area contributed by atoms with E-state index >= 15 is 0 Å². The van der Waals surface area contributed by atoms with Crippen LogP contribution in [-0.2, 0) is 25.7 Å². The van der Waals surface area contributed by atoms with E-state index in [4.69, 9.17) is 4.74 Å². The molecule has 114 valence electrons. The maximum atomic E-state index is 11.8. The van der Waals surface area contributed by atoms with Gasteiger partial charge in [0.25, 0.3) is 0 Å². The lowest BCUT2D eigenvalue weighted by Gasteiger charge is -2.17. The first kappa shape index (κ1) is 16.7. The van der Waals surface area contributed by atoms with Gasteiger partial charge in [-0.05, 0) is 19.4 Å². The normalized spacial score (nSPS) is 12.9. The molecule has 0 unspecified atom stereocenters. The molecule has 0 saturated heterocycles. The van der Waals surface area contributed by atoms with Crippen LogP contribution in [0.2, 0.25) is 0 Å². The summed E-state index contributed by atoms with van der Waals surface area (Å²) in [6.07, 6.45) is 0. The largest absolute Gasteiger partial charge is 0.459 e. The Balaban J connectivity index is 2.40. The van der Waals surface area contributed by atoms with E-state index in [1.807, 2.05) is 30.3 Å². The number of ether oxygens (including phenoxy) is 1. The summed E-state index contributed by atoms with van der Waals surface area (Å²) in [5.74, 6) is -1.27. The summed E-state index contributed by atoms with van der Waals surface area (Å²) >= 11 is 0. The van der Waals surface area contributed by atoms with Crippen molar-refractivity contribution in [3.8, 4) is 0 Å². The highest BCUT2D eigenvalue weighted by Crippen LogP contribution is 2.02. The van der Waals surface area contributed by atoms with Crippen molar-refractivity contribution in [2.45, 2.75) is 39.5 Å². The molecule has 0 fully saturated rings. The number of hydrogen-bond donors (Lipinski definition) is 2. The number of rotatable bonds is 6. The first-order valence-corrected chi connectivity index (χ1v) is 6.68. The minimum Gasteiger partial charge on any atom is -0.459 e. The average molecular weight is 292 g/mol. The second-order valence-corrected chi connectivity index (χ2v) is 4.75. The van der Waals surface area contributed by atoms with Gasteiger partial charge < -0.3 is 15.4 Å². The Morgan fingerprint density at radius 1 is 1.05 bits per heavy atom. The molecule has 2 amide bonds. The second kappa shape index (κ2) is 8.04. The predicted octanol–water partition coefficient (Wildman–Crippen LogP) is 0.759. The van der Waals surface area contributed by atoms with Crippen LogP contribution in [0.25, 0.3) is 0 Å². The van der Waals surface area contributed by atoms with E-state index in [9.17, 15) is 14.4 Å². The molecule has 0 aliphatic heterocycles. The summed E-state index contributed by atoms with van der Waals surface area (Å²) < 4.78 is 5.11. The van der Waals surface area contributed by atoms with Crippen molar-refractivity contribution < 1.29 is 19.1 Å². The summed E-state index contributed by atoms with van der Waals surface area (Å²) in [5, 5.41) is 4.93. The zero-order chi connectivity index (χ0) is 15.8. The van der Waals surface area contributed by atoms with Gasteiger partial charge >= 0.3 is 5.97 Å². The smallest absolute Gasteiger partial charge is 0.328 e. The highest BCUT2D eigenvalue weighted by atomic mass is 16.5. The number of benzene rings is 1. The predicted molar refractivity (Wildman–Crippen MR) is 77.1 cm³/mol. The van der Waals surface area contributed by atoms with Crippen LogP contribution in [-0.4, -0.2) is 29.9 Å². The maximum absolute atomic E-state index is 11.8. The Kier molecular flexibility index (Phi) is 6.39. The van der Waals surface area contributed by atoms with E-state index in [1.54, 1.807) is 6.92 Å². The minimum atomic E-state index is -0.780. The Morgan fingerprint density at radius 3 is 2.24 bits per heavy atom. The number of esters is 1. The molecule has 1 aromatic rings. The average Bonchev–Trinajstić information content (AvgIpc) is 2.44. The van der Waals surface area contributed by atoms with Crippen LogP contribution in [0.1, 0.15) is 26.3 Å². The molecule has 2 N–H and O–H groups in total. The highest BCUT2D eigenvalue weighted by molar-refractivity contribution is 5.89. The van der Waals surface area contributed by atoms with Crippen molar-refractivity contribution in [3.05, 3.63) is 35.9 Å². The molecule has 0 spiro atoms. The van der Waals surface area contributed by atoms with Crippen LogP contribution in [0.15, 0.2) is 30.3 Å². The first-order chi connectivity index (χ1) is 9.90. The lowest BCUT2D eigenvalue weighted by atomic mass is 10.2. The van der Waals surface area contributed by atoms with Crippen molar-refractivity contribution >= 4 is 17.8 Å². The summed E-state index contributed by atoms with van der Waals surface area (Å²) in [6, 6.07) is 7.78. The quantitative estimate of drug-likeness (QED) is 0.758. The molecule has 6 heteroatoms. The summed E-state index contributed by atoms with van der Waals surface area (Å²) in [5.41, 5.74) is 0.871. The van der Waals surface area contributed by atoms with Crippen molar-refractivity contribution in [1.29, 1.82) is 0 Å². The Morgan fingerprint density at radius 2 is 1.67 bits per heavy atom. The van der Waals surface area contributed by atoms with Crippen LogP contribution in [0, 0.1) is 0 Å². The summed E-state index contributed by atoms with van der Waals surface area (Å²) in [6.45, 7) is 4.55. The molecule has 0 saturated carbocycles. The number of nitrogens with one attached hydrogen (secondary N) is 2. The summed E-state index contributed by atoms with van der Waals surface area (Å²) in [4.78, 5) is 34.4. The first-order valence-electron chi connectivity index (χ1n) is 6.68. The van der Waals surface area contributed by atoms with Gasteiger partial charge in [0, 0.05) is 6.92 Å². The lowest BCUT2D eigenvalue weighted by Crippen LogP contribution is -2.49. The van der Waals surface area contributed by atoms with Crippen LogP contribution in [0.4, 0.5) is 0 Å². The van der Waals surface area contributed by atoms with E-state index in [0.29, 0.717) is 0 Å². The van der Waals surface area contributed by atoms with E-state index < -0.39 is 24.0 Å². The summed E-state index contributed by atoms with van der Waals surface area (Å²) in [7, 11) is 0. The monoisotopic (exact) mass is 292 g/mol. The van der Waals surface area contributed by atoms with Gasteiger partial charge in [-0.1, -0.05) is 30.3 Å². The van der Waals surface area contributed by atoms with E-state index in [-0.39, 0.29) is 12.5 Å². The molecule has 0 aliphatic carbocycles. The van der Waals surface area contributed by atoms with Crippen LogP contribution in [0.3, 0.4) is 0 Å². The van der Waals surface area contributed by atoms with Crippen molar-refractivity contribution in [2.24, 2.45) is 0 Å². The fraction of sp³-hybridized carbons (Fsp3) is 0.400. The van der Waals surface area contributed by atoms with Gasteiger partial charge in [0.2, 0.25) is 11.8 Å². The molecule has 0 aliphatic rings. The number of carbonyl (C=O) groups is 3. The van der Waals surface area contributed by atoms with Crippen molar-refractivity contribution in [3.63, 3.8) is 0 Å². The van der Waals surface area contributed by atoms with Gasteiger partial charge in [-0.3, -0.25) is 9.59 Å². The third kappa shape index (κ3) is 6.07. The molecule has 0 radical (unpaired) electrons. The molecule has 0 heterocycles. The SMILES string of the molecule is CC(=O)N[C@H](C)C(=O)N[C@H](C)C(=O)OCc1ccccc1. The van der Waals surface area contributed by atoms with Crippen LogP contribution in [0.5, 0.6) is 0 Å². The topological polar surface area (TPSA) is 84.5 Å².